The van der Waals surface area contributed by atoms with Crippen LogP contribution in [0.15, 0.2) is 0 Å². The standard InChI is InChI=1S/C6H12N2.Cu/c7-5-3-1-2-4-6(5)8;/h5-8H,1-4H2;/q-2;+2/t5-,6+;. The minimum atomic E-state index is -0.0799. The smallest absolute Gasteiger partial charge is 0.676 e. The quantitative estimate of drug-likeness (QED) is 0.508. The number of hydrogen-bond donors (Lipinski definition) is 0. The molecule has 2 N–H and O–H groups in total. The summed E-state index contributed by atoms with van der Waals surface area (Å²) in [5, 5.41) is 0. The topological polar surface area (TPSA) is 47.6 Å². The first-order chi connectivity index (χ1) is 3.80. The van der Waals surface area contributed by atoms with Crippen LogP contribution >= 0.6 is 0 Å². The van der Waals surface area contributed by atoms with E-state index in [1.54, 1.807) is 0 Å². The maximum atomic E-state index is 7.29. The molecule has 0 heterocycles. The molecule has 2 nitrogen and oxygen atoms in total. The largest absolute Gasteiger partial charge is 2.00 e. The molecule has 0 aromatic heterocycles. The van der Waals surface area contributed by atoms with Crippen molar-refractivity contribution in [2.75, 3.05) is 0 Å². The van der Waals surface area contributed by atoms with Crippen LogP contribution in [0, 0.1) is 0 Å². The van der Waals surface area contributed by atoms with E-state index in [1.807, 2.05) is 0 Å². The Morgan fingerprint density at radius 2 is 1.22 bits per heavy atom. The van der Waals surface area contributed by atoms with Gasteiger partial charge in [0.25, 0.3) is 0 Å². The van der Waals surface area contributed by atoms with Crippen molar-refractivity contribution in [1.82, 2.24) is 0 Å². The minimum Gasteiger partial charge on any atom is -0.676 e. The summed E-state index contributed by atoms with van der Waals surface area (Å²) >= 11 is 0. The third-order valence-electron chi connectivity index (χ3n) is 1.77. The summed E-state index contributed by atoms with van der Waals surface area (Å²) in [7, 11) is 0. The van der Waals surface area contributed by atoms with Crippen molar-refractivity contribution in [3.8, 4) is 0 Å². The average molecular weight is 176 g/mol. The van der Waals surface area contributed by atoms with E-state index in [0.29, 0.717) is 0 Å². The zero-order chi connectivity index (χ0) is 5.98. The minimum absolute atomic E-state index is 0. The van der Waals surface area contributed by atoms with Gasteiger partial charge in [-0.05, 0) is 0 Å². The predicted molar refractivity (Wildman–Crippen MR) is 34.7 cm³/mol. The fourth-order valence-corrected chi connectivity index (χ4v) is 1.13. The monoisotopic (exact) mass is 175 g/mol. The normalized spacial score (nSPS) is 35.3. The second kappa shape index (κ2) is 4.29. The molecule has 1 fully saturated rings. The summed E-state index contributed by atoms with van der Waals surface area (Å²) < 4.78 is 0. The van der Waals surface area contributed by atoms with E-state index in [9.17, 15) is 0 Å². The van der Waals surface area contributed by atoms with Gasteiger partial charge < -0.3 is 11.5 Å². The predicted octanol–water partition coefficient (Wildman–Crippen LogP) is 2.40. The first-order valence-electron chi connectivity index (χ1n) is 3.23. The molecule has 1 aliphatic rings. The zero-order valence-electron chi connectivity index (χ0n) is 5.28. The van der Waals surface area contributed by atoms with Crippen molar-refractivity contribution in [3.05, 3.63) is 11.5 Å². The van der Waals surface area contributed by atoms with Crippen LogP contribution in [0.3, 0.4) is 0 Å². The van der Waals surface area contributed by atoms with Gasteiger partial charge in [0.2, 0.25) is 0 Å². The maximum absolute atomic E-state index is 7.29. The molecule has 0 unspecified atom stereocenters. The molecule has 1 radical (unpaired) electrons. The van der Waals surface area contributed by atoms with Crippen LogP contribution in [0.1, 0.15) is 25.7 Å². The van der Waals surface area contributed by atoms with Gasteiger partial charge in [-0.1, -0.05) is 25.7 Å². The second-order valence-electron chi connectivity index (χ2n) is 2.50. The van der Waals surface area contributed by atoms with Gasteiger partial charge in [0.05, 0.1) is 0 Å². The van der Waals surface area contributed by atoms with E-state index in [1.165, 1.54) is 12.8 Å². The molecule has 1 saturated carbocycles. The Morgan fingerprint density at radius 3 is 1.44 bits per heavy atom. The van der Waals surface area contributed by atoms with E-state index in [-0.39, 0.29) is 29.2 Å². The molecule has 2 atom stereocenters. The van der Waals surface area contributed by atoms with Crippen molar-refractivity contribution in [2.45, 2.75) is 37.8 Å². The molecular formula is C6H12CuN2. The van der Waals surface area contributed by atoms with Gasteiger partial charge in [-0.3, -0.25) is 0 Å². The van der Waals surface area contributed by atoms with Gasteiger partial charge in [-0.25, -0.2) is 0 Å². The van der Waals surface area contributed by atoms with Crippen LogP contribution in [0.4, 0.5) is 0 Å². The Labute approximate surface area is 66.8 Å². The average Bonchev–Trinajstić information content (AvgIpc) is 1.77. The molecule has 57 valence electrons. The summed E-state index contributed by atoms with van der Waals surface area (Å²) in [5.74, 6) is 0. The van der Waals surface area contributed by atoms with E-state index < -0.39 is 0 Å². The van der Waals surface area contributed by atoms with Gasteiger partial charge in [-0.2, -0.15) is 12.1 Å². The van der Waals surface area contributed by atoms with E-state index in [0.717, 1.165) is 12.8 Å². The first-order valence-corrected chi connectivity index (χ1v) is 3.23. The van der Waals surface area contributed by atoms with Crippen molar-refractivity contribution in [2.24, 2.45) is 0 Å². The van der Waals surface area contributed by atoms with E-state index in [2.05, 4.69) is 0 Å². The molecule has 0 spiro atoms. The maximum Gasteiger partial charge on any atom is 2.00 e. The molecule has 0 aromatic rings. The van der Waals surface area contributed by atoms with Crippen LogP contribution in [0.25, 0.3) is 11.5 Å². The van der Waals surface area contributed by atoms with Crippen LogP contribution in [0.2, 0.25) is 0 Å². The molecule has 1 aliphatic carbocycles. The van der Waals surface area contributed by atoms with Crippen LogP contribution in [0.5, 0.6) is 0 Å². The third-order valence-corrected chi connectivity index (χ3v) is 1.77. The van der Waals surface area contributed by atoms with Gasteiger partial charge in [0.1, 0.15) is 0 Å². The summed E-state index contributed by atoms with van der Waals surface area (Å²) in [4.78, 5) is 0. The molecule has 9 heavy (non-hydrogen) atoms. The van der Waals surface area contributed by atoms with Crippen LogP contribution in [-0.4, -0.2) is 12.1 Å². The molecule has 3 heteroatoms. The van der Waals surface area contributed by atoms with Gasteiger partial charge >= 0.3 is 17.1 Å². The molecule has 0 aliphatic heterocycles. The van der Waals surface area contributed by atoms with Gasteiger partial charge in [0, 0.05) is 0 Å². The van der Waals surface area contributed by atoms with Crippen molar-refractivity contribution >= 4 is 0 Å². The summed E-state index contributed by atoms with van der Waals surface area (Å²) in [5.41, 5.74) is 14.6. The molecule has 0 amide bonds. The zero-order valence-corrected chi connectivity index (χ0v) is 6.23. The SMILES string of the molecule is [Cu+2].[NH-][C@@H]1CCCC[C@@H]1[NH-]. The van der Waals surface area contributed by atoms with Crippen molar-refractivity contribution in [3.63, 3.8) is 0 Å². The number of rotatable bonds is 0. The first kappa shape index (κ1) is 9.44. The fourth-order valence-electron chi connectivity index (χ4n) is 1.13. The molecule has 0 aromatic carbocycles. The summed E-state index contributed by atoms with van der Waals surface area (Å²) in [6, 6.07) is -0.160. The third kappa shape index (κ3) is 2.67. The Kier molecular flexibility index (Phi) is 4.50. The number of hydrogen-bond acceptors (Lipinski definition) is 0. The molecule has 1 rings (SSSR count). The van der Waals surface area contributed by atoms with Crippen molar-refractivity contribution < 1.29 is 17.1 Å². The molecule has 0 bridgehead atoms. The summed E-state index contributed by atoms with van der Waals surface area (Å²) in [6.07, 6.45) is 4.25. The van der Waals surface area contributed by atoms with E-state index >= 15 is 0 Å². The molecule has 0 saturated heterocycles. The fraction of sp³-hybridized carbons (Fsp3) is 1.00. The summed E-state index contributed by atoms with van der Waals surface area (Å²) in [6.45, 7) is 0. The Morgan fingerprint density at radius 1 is 0.889 bits per heavy atom. The second-order valence-corrected chi connectivity index (χ2v) is 2.50. The van der Waals surface area contributed by atoms with Gasteiger partial charge in [0.15, 0.2) is 0 Å². The van der Waals surface area contributed by atoms with Crippen LogP contribution < -0.4 is 0 Å². The van der Waals surface area contributed by atoms with Crippen molar-refractivity contribution in [1.29, 1.82) is 0 Å². The Balaban J connectivity index is 0.000000640. The molecular weight excluding hydrogens is 164 g/mol. The number of nitrogens with one attached hydrogen (secondary N) is 2. The van der Waals surface area contributed by atoms with Crippen LogP contribution in [-0.2, 0) is 17.1 Å². The van der Waals surface area contributed by atoms with Gasteiger partial charge in [-0.15, -0.1) is 0 Å². The van der Waals surface area contributed by atoms with E-state index in [4.69, 9.17) is 11.5 Å². The Hall–Kier alpha value is 0.439. The Bertz CT molecular complexity index is 67.5.